The zero-order chi connectivity index (χ0) is 9.97. The Bertz CT molecular complexity index is 178. The first-order valence-electron chi connectivity index (χ1n) is 6.37. The van der Waals surface area contributed by atoms with Crippen LogP contribution in [0.3, 0.4) is 0 Å². The maximum atomic E-state index is 5.30. The van der Waals surface area contributed by atoms with Crippen molar-refractivity contribution in [3.8, 4) is 0 Å². The van der Waals surface area contributed by atoms with Crippen LogP contribution in [-0.4, -0.2) is 13.7 Å². The molecule has 2 aliphatic carbocycles. The van der Waals surface area contributed by atoms with Crippen LogP contribution >= 0.6 is 0 Å². The summed E-state index contributed by atoms with van der Waals surface area (Å²) in [6.07, 6.45) is 8.70. The lowest BCUT2D eigenvalue weighted by Gasteiger charge is -2.12. The summed E-state index contributed by atoms with van der Waals surface area (Å²) in [6.45, 7) is 3.31. The lowest BCUT2D eigenvalue weighted by molar-refractivity contribution is 0.140. The first kappa shape index (κ1) is 10.5. The predicted octanol–water partition coefficient (Wildman–Crippen LogP) is 3.49. The fourth-order valence-electron chi connectivity index (χ4n) is 3.62. The summed E-state index contributed by atoms with van der Waals surface area (Å²) in [5.74, 6) is 4.17. The maximum absolute atomic E-state index is 5.30. The summed E-state index contributed by atoms with van der Waals surface area (Å²) in [5, 5.41) is 0. The van der Waals surface area contributed by atoms with Gasteiger partial charge in [0.15, 0.2) is 0 Å². The van der Waals surface area contributed by atoms with Crippen LogP contribution in [0.1, 0.15) is 45.4 Å². The lowest BCUT2D eigenvalue weighted by Crippen LogP contribution is -2.09. The second kappa shape index (κ2) is 4.65. The molecule has 2 fully saturated rings. The van der Waals surface area contributed by atoms with Crippen molar-refractivity contribution >= 4 is 0 Å². The Hall–Kier alpha value is -0.0400. The number of hydrogen-bond acceptors (Lipinski definition) is 1. The van der Waals surface area contributed by atoms with Gasteiger partial charge in [-0.05, 0) is 42.9 Å². The van der Waals surface area contributed by atoms with Crippen molar-refractivity contribution in [2.75, 3.05) is 13.7 Å². The molecule has 0 bridgehead atoms. The minimum Gasteiger partial charge on any atom is -0.384 e. The number of unbranched alkanes of at least 4 members (excludes halogenated alkanes) is 2. The van der Waals surface area contributed by atoms with Gasteiger partial charge in [0, 0.05) is 13.7 Å². The molecule has 0 unspecified atom stereocenters. The van der Waals surface area contributed by atoms with Gasteiger partial charge in [-0.2, -0.15) is 0 Å². The normalized spacial score (nSPS) is 39.9. The molecule has 0 aromatic carbocycles. The molecule has 0 heterocycles. The van der Waals surface area contributed by atoms with Crippen LogP contribution in [0.15, 0.2) is 0 Å². The first-order chi connectivity index (χ1) is 6.88. The minimum absolute atomic E-state index is 0.914. The smallest absolute Gasteiger partial charge is 0.0493 e. The van der Waals surface area contributed by atoms with Crippen molar-refractivity contribution in [2.45, 2.75) is 45.4 Å². The second-order valence-corrected chi connectivity index (χ2v) is 5.19. The Balaban J connectivity index is 1.68. The number of ether oxygens (including phenoxy) is 1. The van der Waals surface area contributed by atoms with Crippen LogP contribution < -0.4 is 0 Å². The lowest BCUT2D eigenvalue weighted by atomic mass is 9.98. The van der Waals surface area contributed by atoms with Gasteiger partial charge in [-0.3, -0.25) is 0 Å². The highest BCUT2D eigenvalue weighted by atomic mass is 16.5. The second-order valence-electron chi connectivity index (χ2n) is 5.19. The summed E-state index contributed by atoms with van der Waals surface area (Å²) < 4.78 is 5.30. The highest BCUT2D eigenvalue weighted by Crippen LogP contribution is 2.62. The van der Waals surface area contributed by atoms with E-state index in [1.807, 2.05) is 7.11 Å². The van der Waals surface area contributed by atoms with Gasteiger partial charge in [-0.15, -0.1) is 0 Å². The van der Waals surface area contributed by atoms with Crippen molar-refractivity contribution in [3.05, 3.63) is 0 Å². The molecule has 0 aliphatic heterocycles. The number of hydrogen-bond donors (Lipinski definition) is 0. The van der Waals surface area contributed by atoms with Gasteiger partial charge in [-0.25, -0.2) is 0 Å². The van der Waals surface area contributed by atoms with Gasteiger partial charge in [-0.1, -0.05) is 26.2 Å². The molecule has 2 saturated carbocycles. The summed E-state index contributed by atoms with van der Waals surface area (Å²) in [5.41, 5.74) is 0. The minimum atomic E-state index is 0.914. The van der Waals surface area contributed by atoms with E-state index in [4.69, 9.17) is 4.74 Å². The SMILES string of the molecule is CCCCC[C@H]1[C@@H]2CC[C@H](COC)[C@H]12. The third-order valence-electron chi connectivity index (χ3n) is 4.33. The van der Waals surface area contributed by atoms with E-state index >= 15 is 0 Å². The topological polar surface area (TPSA) is 9.23 Å². The Morgan fingerprint density at radius 2 is 2.07 bits per heavy atom. The Morgan fingerprint density at radius 1 is 1.21 bits per heavy atom. The van der Waals surface area contributed by atoms with E-state index < -0.39 is 0 Å². The van der Waals surface area contributed by atoms with Crippen LogP contribution in [0.25, 0.3) is 0 Å². The van der Waals surface area contributed by atoms with Crippen LogP contribution in [-0.2, 0) is 4.74 Å². The van der Waals surface area contributed by atoms with E-state index in [1.165, 1.54) is 38.5 Å². The van der Waals surface area contributed by atoms with E-state index in [1.54, 1.807) is 0 Å². The molecule has 0 amide bonds. The van der Waals surface area contributed by atoms with Gasteiger partial charge in [0.1, 0.15) is 0 Å². The average molecular weight is 196 g/mol. The zero-order valence-corrected chi connectivity index (χ0v) is 9.67. The third kappa shape index (κ3) is 1.98. The molecule has 4 atom stereocenters. The Morgan fingerprint density at radius 3 is 2.79 bits per heavy atom. The van der Waals surface area contributed by atoms with Gasteiger partial charge in [0.05, 0.1) is 0 Å². The van der Waals surface area contributed by atoms with Crippen LogP contribution in [0.2, 0.25) is 0 Å². The third-order valence-corrected chi connectivity index (χ3v) is 4.33. The summed E-state index contributed by atoms with van der Waals surface area (Å²) in [7, 11) is 1.85. The molecule has 0 N–H and O–H groups in total. The van der Waals surface area contributed by atoms with E-state index in [0.717, 1.165) is 30.3 Å². The number of fused-ring (bicyclic) bond motifs is 1. The molecule has 82 valence electrons. The first-order valence-corrected chi connectivity index (χ1v) is 6.37. The highest BCUT2D eigenvalue weighted by molar-refractivity contribution is 5.04. The molecule has 1 heteroatoms. The number of rotatable bonds is 6. The van der Waals surface area contributed by atoms with Crippen molar-refractivity contribution in [2.24, 2.45) is 23.7 Å². The van der Waals surface area contributed by atoms with Gasteiger partial charge in [0.25, 0.3) is 0 Å². The Labute approximate surface area is 88.2 Å². The molecular formula is C13H24O. The summed E-state index contributed by atoms with van der Waals surface area (Å²) in [6, 6.07) is 0. The fraction of sp³-hybridized carbons (Fsp3) is 1.00. The monoisotopic (exact) mass is 196 g/mol. The molecule has 0 saturated heterocycles. The van der Waals surface area contributed by atoms with Crippen molar-refractivity contribution in [1.29, 1.82) is 0 Å². The molecule has 0 aromatic heterocycles. The van der Waals surface area contributed by atoms with Gasteiger partial charge in [0.2, 0.25) is 0 Å². The van der Waals surface area contributed by atoms with E-state index in [2.05, 4.69) is 6.92 Å². The standard InChI is InChI=1S/C13H24O/c1-3-4-5-6-11-12-8-7-10(9-14-2)13(11)12/h10-13H,3-9H2,1-2H3/t10-,11+,12+,13-/m1/s1. The molecule has 0 spiro atoms. The molecule has 0 radical (unpaired) electrons. The molecular weight excluding hydrogens is 172 g/mol. The van der Waals surface area contributed by atoms with E-state index in [0.29, 0.717) is 0 Å². The zero-order valence-electron chi connectivity index (χ0n) is 9.67. The molecule has 14 heavy (non-hydrogen) atoms. The van der Waals surface area contributed by atoms with Gasteiger partial charge < -0.3 is 4.74 Å². The van der Waals surface area contributed by atoms with Crippen LogP contribution in [0, 0.1) is 23.7 Å². The van der Waals surface area contributed by atoms with Crippen molar-refractivity contribution in [3.63, 3.8) is 0 Å². The van der Waals surface area contributed by atoms with Crippen molar-refractivity contribution in [1.82, 2.24) is 0 Å². The highest BCUT2D eigenvalue weighted by Gasteiger charge is 2.56. The average Bonchev–Trinajstić information content (AvgIpc) is 2.71. The van der Waals surface area contributed by atoms with E-state index in [9.17, 15) is 0 Å². The van der Waals surface area contributed by atoms with Crippen molar-refractivity contribution < 1.29 is 4.74 Å². The fourth-order valence-corrected chi connectivity index (χ4v) is 3.62. The molecule has 0 aromatic rings. The largest absolute Gasteiger partial charge is 0.384 e. The Kier molecular flexibility index (Phi) is 3.48. The van der Waals surface area contributed by atoms with E-state index in [-0.39, 0.29) is 0 Å². The van der Waals surface area contributed by atoms with Crippen LogP contribution in [0.4, 0.5) is 0 Å². The number of methoxy groups -OCH3 is 1. The molecule has 2 aliphatic rings. The van der Waals surface area contributed by atoms with Crippen LogP contribution in [0.5, 0.6) is 0 Å². The predicted molar refractivity (Wildman–Crippen MR) is 59.2 cm³/mol. The molecule has 1 nitrogen and oxygen atoms in total. The van der Waals surface area contributed by atoms with Gasteiger partial charge >= 0.3 is 0 Å². The molecule has 2 rings (SSSR count). The quantitative estimate of drug-likeness (QED) is 0.591. The summed E-state index contributed by atoms with van der Waals surface area (Å²) >= 11 is 0. The summed E-state index contributed by atoms with van der Waals surface area (Å²) in [4.78, 5) is 0. The maximum Gasteiger partial charge on any atom is 0.0493 e.